The number of carbonyl (C=O) groups is 1. The van der Waals surface area contributed by atoms with Gasteiger partial charge in [0, 0.05) is 30.2 Å². The van der Waals surface area contributed by atoms with E-state index < -0.39 is 0 Å². The van der Waals surface area contributed by atoms with Crippen LogP contribution in [0.5, 0.6) is 0 Å². The third-order valence-electron chi connectivity index (χ3n) is 4.26. The molecule has 7 heteroatoms. The van der Waals surface area contributed by atoms with Crippen molar-refractivity contribution in [3.63, 3.8) is 0 Å². The van der Waals surface area contributed by atoms with Crippen LogP contribution in [0.3, 0.4) is 0 Å². The van der Waals surface area contributed by atoms with Gasteiger partial charge in [0.2, 0.25) is 0 Å². The number of aromatic nitrogens is 4. The van der Waals surface area contributed by atoms with E-state index in [-0.39, 0.29) is 6.09 Å². The van der Waals surface area contributed by atoms with Crippen LogP contribution in [0.1, 0.15) is 19.3 Å². The number of imidazole rings is 1. The Bertz CT molecular complexity index is 906. The minimum absolute atomic E-state index is 0.359. The lowest BCUT2D eigenvalue weighted by Crippen LogP contribution is -2.26. The third kappa shape index (κ3) is 2.84. The lowest BCUT2D eigenvalue weighted by Gasteiger charge is -2.10. The van der Waals surface area contributed by atoms with Crippen molar-refractivity contribution in [3.05, 3.63) is 31.4 Å². The number of alkyl carbamates (subject to hydrolysis) is 1. The molecule has 3 aromatic rings. The van der Waals surface area contributed by atoms with Gasteiger partial charge in [-0.1, -0.05) is 6.58 Å². The molecule has 0 unspecified atom stereocenters. The van der Waals surface area contributed by atoms with Gasteiger partial charge >= 0.3 is 6.09 Å². The molecule has 3 aromatic heterocycles. The number of amides is 1. The van der Waals surface area contributed by atoms with E-state index in [1.54, 1.807) is 12.5 Å². The summed E-state index contributed by atoms with van der Waals surface area (Å²) < 4.78 is 7.09. The summed E-state index contributed by atoms with van der Waals surface area (Å²) in [5.74, 6) is 0.570. The minimum Gasteiger partial charge on any atom is -0.449 e. The number of fused-ring (bicyclic) bond motifs is 3. The fraction of sp³-hybridized carbons (Fsp3) is 0.353. The summed E-state index contributed by atoms with van der Waals surface area (Å²) in [5, 5.41) is 3.77. The van der Waals surface area contributed by atoms with Gasteiger partial charge in [-0.25, -0.2) is 14.8 Å². The first kappa shape index (κ1) is 14.7. The molecule has 1 aliphatic carbocycles. The number of nitrogens with one attached hydrogen (secondary N) is 2. The molecule has 0 spiro atoms. The highest BCUT2D eigenvalue weighted by atomic mass is 16.5. The van der Waals surface area contributed by atoms with E-state index in [9.17, 15) is 4.79 Å². The fourth-order valence-electron chi connectivity index (χ4n) is 2.71. The highest BCUT2D eigenvalue weighted by Crippen LogP contribution is 2.28. The van der Waals surface area contributed by atoms with Gasteiger partial charge in [0.05, 0.1) is 18.3 Å². The van der Waals surface area contributed by atoms with E-state index in [0.29, 0.717) is 25.5 Å². The van der Waals surface area contributed by atoms with Gasteiger partial charge in [0.1, 0.15) is 17.5 Å². The van der Waals surface area contributed by atoms with Crippen LogP contribution in [0.2, 0.25) is 0 Å². The van der Waals surface area contributed by atoms with Crippen molar-refractivity contribution in [2.75, 3.05) is 13.2 Å². The van der Waals surface area contributed by atoms with Crippen molar-refractivity contribution in [1.29, 1.82) is 0 Å². The number of ether oxygens (including phenoxy) is 1. The highest BCUT2D eigenvalue weighted by molar-refractivity contribution is 6.02. The van der Waals surface area contributed by atoms with Crippen molar-refractivity contribution in [2.45, 2.75) is 19.3 Å². The molecular weight excluding hydrogens is 306 g/mol. The molecule has 1 fully saturated rings. The van der Waals surface area contributed by atoms with Crippen LogP contribution in [0.15, 0.2) is 31.4 Å². The Labute approximate surface area is 138 Å². The SMILES string of the molecule is C=C(CCNC(=O)OCC1CC1)n1cnc2cnc3[nH]ccc3c21. The summed E-state index contributed by atoms with van der Waals surface area (Å²) in [5.41, 5.74) is 3.47. The first-order valence-corrected chi connectivity index (χ1v) is 8.10. The van der Waals surface area contributed by atoms with Crippen LogP contribution in [0.25, 0.3) is 27.8 Å². The van der Waals surface area contributed by atoms with Crippen molar-refractivity contribution in [1.82, 2.24) is 24.8 Å². The molecule has 0 bridgehead atoms. The molecule has 3 heterocycles. The maximum absolute atomic E-state index is 11.6. The average Bonchev–Trinajstić information content (AvgIpc) is 3.10. The second kappa shape index (κ2) is 5.99. The summed E-state index contributed by atoms with van der Waals surface area (Å²) in [7, 11) is 0. The Hall–Kier alpha value is -2.83. The predicted molar refractivity (Wildman–Crippen MR) is 91.4 cm³/mol. The lowest BCUT2D eigenvalue weighted by atomic mass is 10.2. The molecule has 2 N–H and O–H groups in total. The summed E-state index contributed by atoms with van der Waals surface area (Å²) >= 11 is 0. The number of carbonyl (C=O) groups excluding carboxylic acids is 1. The fourth-order valence-corrected chi connectivity index (χ4v) is 2.71. The number of hydrogen-bond donors (Lipinski definition) is 2. The van der Waals surface area contributed by atoms with Gasteiger partial charge in [0.25, 0.3) is 0 Å². The summed E-state index contributed by atoms with van der Waals surface area (Å²) in [6, 6.07) is 1.98. The first-order valence-electron chi connectivity index (χ1n) is 8.10. The van der Waals surface area contributed by atoms with Crippen LogP contribution in [0.4, 0.5) is 4.79 Å². The summed E-state index contributed by atoms with van der Waals surface area (Å²) in [6.45, 7) is 5.12. The molecule has 0 radical (unpaired) electrons. The molecule has 4 rings (SSSR count). The van der Waals surface area contributed by atoms with Crippen LogP contribution in [0, 0.1) is 5.92 Å². The maximum Gasteiger partial charge on any atom is 0.407 e. The van der Waals surface area contributed by atoms with Gasteiger partial charge in [-0.15, -0.1) is 0 Å². The van der Waals surface area contributed by atoms with Gasteiger partial charge in [-0.05, 0) is 24.8 Å². The van der Waals surface area contributed by atoms with E-state index in [1.807, 2.05) is 16.8 Å². The molecule has 124 valence electrons. The van der Waals surface area contributed by atoms with Crippen molar-refractivity contribution in [2.24, 2.45) is 5.92 Å². The molecule has 1 amide bonds. The standard InChI is InChI=1S/C17H19N5O2/c1-11(4-6-19-17(23)24-9-12-2-3-12)22-10-21-14-8-20-16-13(15(14)22)5-7-18-16/h5,7-8,10,12H,1-4,6,9H2,(H,18,20)(H,19,23). The maximum atomic E-state index is 11.6. The predicted octanol–water partition coefficient (Wildman–Crippen LogP) is 2.91. The topological polar surface area (TPSA) is 84.8 Å². The smallest absolute Gasteiger partial charge is 0.407 e. The molecule has 0 saturated heterocycles. The zero-order valence-corrected chi connectivity index (χ0v) is 13.3. The molecule has 0 aromatic carbocycles. The molecule has 0 atom stereocenters. The van der Waals surface area contributed by atoms with Crippen LogP contribution < -0.4 is 5.32 Å². The summed E-state index contributed by atoms with van der Waals surface area (Å²) in [6.07, 6.45) is 7.92. The molecular formula is C17H19N5O2. The number of H-pyrrole nitrogens is 1. The Morgan fingerprint density at radius 2 is 2.33 bits per heavy atom. The van der Waals surface area contributed by atoms with Gasteiger partial charge in [-0.2, -0.15) is 0 Å². The largest absolute Gasteiger partial charge is 0.449 e. The monoisotopic (exact) mass is 325 g/mol. The number of rotatable bonds is 6. The number of nitrogens with zero attached hydrogens (tertiary/aromatic N) is 3. The summed E-state index contributed by atoms with van der Waals surface area (Å²) in [4.78, 5) is 23.4. The van der Waals surface area contributed by atoms with Crippen molar-refractivity contribution in [3.8, 4) is 0 Å². The molecule has 0 aliphatic heterocycles. The number of aromatic amines is 1. The van der Waals surface area contributed by atoms with E-state index in [2.05, 4.69) is 26.8 Å². The Morgan fingerprint density at radius 3 is 3.17 bits per heavy atom. The first-order chi connectivity index (χ1) is 11.7. The van der Waals surface area contributed by atoms with Gasteiger partial charge in [0.15, 0.2) is 0 Å². The number of pyridine rings is 1. The van der Waals surface area contributed by atoms with E-state index in [0.717, 1.165) is 27.8 Å². The zero-order valence-electron chi connectivity index (χ0n) is 13.3. The quantitative estimate of drug-likeness (QED) is 0.730. The Morgan fingerprint density at radius 1 is 1.46 bits per heavy atom. The Balaban J connectivity index is 1.41. The van der Waals surface area contributed by atoms with Crippen molar-refractivity contribution < 1.29 is 9.53 Å². The zero-order chi connectivity index (χ0) is 16.5. The van der Waals surface area contributed by atoms with Gasteiger partial charge < -0.3 is 19.6 Å². The molecule has 1 aliphatic rings. The third-order valence-corrected chi connectivity index (χ3v) is 4.26. The van der Waals surface area contributed by atoms with Crippen LogP contribution >= 0.6 is 0 Å². The van der Waals surface area contributed by atoms with Crippen LogP contribution in [-0.2, 0) is 4.74 Å². The lowest BCUT2D eigenvalue weighted by molar-refractivity contribution is 0.141. The normalized spacial score (nSPS) is 14.2. The highest BCUT2D eigenvalue weighted by Gasteiger charge is 2.22. The Kier molecular flexibility index (Phi) is 3.68. The second-order valence-electron chi connectivity index (χ2n) is 6.13. The molecule has 1 saturated carbocycles. The van der Waals surface area contributed by atoms with Crippen LogP contribution in [-0.4, -0.2) is 38.8 Å². The molecule has 7 nitrogen and oxygen atoms in total. The van der Waals surface area contributed by atoms with Gasteiger partial charge in [-0.3, -0.25) is 0 Å². The second-order valence-corrected chi connectivity index (χ2v) is 6.13. The van der Waals surface area contributed by atoms with E-state index >= 15 is 0 Å². The van der Waals surface area contributed by atoms with Crippen molar-refractivity contribution >= 4 is 33.9 Å². The molecule has 24 heavy (non-hydrogen) atoms. The van der Waals surface area contributed by atoms with E-state index in [1.165, 1.54) is 12.8 Å². The minimum atomic E-state index is -0.359. The van der Waals surface area contributed by atoms with E-state index in [4.69, 9.17) is 4.74 Å². The number of hydrogen-bond acceptors (Lipinski definition) is 4. The average molecular weight is 325 g/mol.